The van der Waals surface area contributed by atoms with E-state index in [9.17, 15) is 0 Å². The first-order valence-corrected chi connectivity index (χ1v) is 6.86. The maximum atomic E-state index is 6.12. The Morgan fingerprint density at radius 2 is 2.00 bits per heavy atom. The molecule has 1 aliphatic rings. The fourth-order valence-electron chi connectivity index (χ4n) is 2.34. The monoisotopic (exact) mass is 270 g/mol. The molecule has 0 bridgehead atoms. The van der Waals surface area contributed by atoms with Crippen LogP contribution in [-0.2, 0) is 0 Å². The molecule has 3 N–H and O–H groups in total. The molecule has 0 spiro atoms. The molecular formula is C14H18N6. The number of anilines is 3. The molecule has 0 saturated carbocycles. The minimum atomic E-state index is -0.00396. The van der Waals surface area contributed by atoms with Gasteiger partial charge in [0, 0.05) is 12.2 Å². The minimum absolute atomic E-state index is 0.00396. The van der Waals surface area contributed by atoms with Gasteiger partial charge in [-0.15, -0.1) is 0 Å². The molecule has 2 heterocycles. The van der Waals surface area contributed by atoms with Gasteiger partial charge >= 0.3 is 0 Å². The lowest BCUT2D eigenvalue weighted by atomic mass is 10.1. The van der Waals surface area contributed by atoms with Crippen LogP contribution in [0, 0.1) is 0 Å². The van der Waals surface area contributed by atoms with E-state index in [4.69, 9.17) is 5.73 Å². The van der Waals surface area contributed by atoms with E-state index in [2.05, 4.69) is 20.3 Å². The highest BCUT2D eigenvalue weighted by Crippen LogP contribution is 2.20. The van der Waals surface area contributed by atoms with Crippen LogP contribution in [0.2, 0.25) is 0 Å². The van der Waals surface area contributed by atoms with E-state index in [0.717, 1.165) is 31.5 Å². The van der Waals surface area contributed by atoms with Crippen molar-refractivity contribution in [1.29, 1.82) is 0 Å². The number of benzene rings is 1. The molecule has 1 unspecified atom stereocenters. The topological polar surface area (TPSA) is 80.0 Å². The smallest absolute Gasteiger partial charge is 0.231 e. The Bertz CT molecular complexity index is 559. The number of hydrogen-bond donors (Lipinski definition) is 2. The van der Waals surface area contributed by atoms with E-state index in [0.29, 0.717) is 11.9 Å². The third kappa shape index (κ3) is 2.85. The third-order valence-corrected chi connectivity index (χ3v) is 3.40. The summed E-state index contributed by atoms with van der Waals surface area (Å²) in [5.41, 5.74) is 7.07. The summed E-state index contributed by atoms with van der Waals surface area (Å²) in [5, 5.41) is 3.17. The van der Waals surface area contributed by atoms with Crippen molar-refractivity contribution in [1.82, 2.24) is 15.0 Å². The first-order chi connectivity index (χ1) is 9.83. The fraction of sp³-hybridized carbons (Fsp3) is 0.357. The highest BCUT2D eigenvalue weighted by molar-refractivity contribution is 5.53. The van der Waals surface area contributed by atoms with E-state index < -0.39 is 0 Å². The molecule has 0 radical (unpaired) electrons. The molecule has 1 aromatic carbocycles. The molecule has 3 rings (SSSR count). The number of aromatic nitrogens is 3. The summed E-state index contributed by atoms with van der Waals surface area (Å²) in [6.07, 6.45) is 4.79. The van der Waals surface area contributed by atoms with Gasteiger partial charge in [0.1, 0.15) is 6.33 Å². The summed E-state index contributed by atoms with van der Waals surface area (Å²) < 4.78 is 0. The van der Waals surface area contributed by atoms with Crippen LogP contribution in [0.3, 0.4) is 0 Å². The van der Waals surface area contributed by atoms with Gasteiger partial charge in [-0.25, -0.2) is 9.97 Å². The Labute approximate surface area is 118 Å². The second-order valence-corrected chi connectivity index (χ2v) is 4.86. The Hall–Kier alpha value is -2.21. The van der Waals surface area contributed by atoms with Crippen LogP contribution in [0.15, 0.2) is 36.7 Å². The third-order valence-electron chi connectivity index (χ3n) is 3.40. The van der Waals surface area contributed by atoms with Gasteiger partial charge in [-0.2, -0.15) is 4.98 Å². The Kier molecular flexibility index (Phi) is 3.73. The molecule has 0 aliphatic carbocycles. The van der Waals surface area contributed by atoms with Crippen LogP contribution in [0.5, 0.6) is 0 Å². The molecule has 104 valence electrons. The van der Waals surface area contributed by atoms with Gasteiger partial charge in [0.2, 0.25) is 11.9 Å². The summed E-state index contributed by atoms with van der Waals surface area (Å²) in [5.74, 6) is 1.18. The largest absolute Gasteiger partial charge is 0.325 e. The molecule has 1 aliphatic heterocycles. The summed E-state index contributed by atoms with van der Waals surface area (Å²) in [6, 6.07) is 9.83. The van der Waals surface area contributed by atoms with Crippen LogP contribution in [0.4, 0.5) is 17.6 Å². The van der Waals surface area contributed by atoms with E-state index in [1.807, 2.05) is 35.2 Å². The zero-order chi connectivity index (χ0) is 13.8. The zero-order valence-electron chi connectivity index (χ0n) is 11.2. The van der Waals surface area contributed by atoms with Gasteiger partial charge in [0.15, 0.2) is 0 Å². The first-order valence-electron chi connectivity index (χ1n) is 6.86. The molecule has 1 aromatic heterocycles. The molecule has 1 saturated heterocycles. The highest BCUT2D eigenvalue weighted by Gasteiger charge is 2.21. The van der Waals surface area contributed by atoms with Gasteiger partial charge in [0.05, 0.1) is 6.17 Å². The average Bonchev–Trinajstić information content (AvgIpc) is 2.49. The second kappa shape index (κ2) is 5.83. The molecule has 1 atom stereocenters. The van der Waals surface area contributed by atoms with E-state index in [1.165, 1.54) is 6.33 Å². The van der Waals surface area contributed by atoms with Crippen molar-refractivity contribution in [3.8, 4) is 0 Å². The quantitative estimate of drug-likeness (QED) is 0.886. The van der Waals surface area contributed by atoms with Gasteiger partial charge in [0.25, 0.3) is 0 Å². The number of para-hydroxylation sites is 1. The molecule has 1 fully saturated rings. The molecule has 6 heteroatoms. The van der Waals surface area contributed by atoms with Crippen LogP contribution in [0.25, 0.3) is 0 Å². The van der Waals surface area contributed by atoms with Gasteiger partial charge in [-0.1, -0.05) is 18.2 Å². The Morgan fingerprint density at radius 1 is 1.15 bits per heavy atom. The predicted molar refractivity (Wildman–Crippen MR) is 78.7 cm³/mol. The number of nitrogens with two attached hydrogens (primary N) is 1. The lowest BCUT2D eigenvalue weighted by molar-refractivity contribution is 0.462. The summed E-state index contributed by atoms with van der Waals surface area (Å²) in [4.78, 5) is 14.9. The summed E-state index contributed by atoms with van der Waals surface area (Å²) in [6.45, 7) is 0.899. The summed E-state index contributed by atoms with van der Waals surface area (Å²) in [7, 11) is 0. The Morgan fingerprint density at radius 3 is 2.80 bits per heavy atom. The van der Waals surface area contributed by atoms with E-state index >= 15 is 0 Å². The number of rotatable bonds is 3. The number of piperidine rings is 1. The zero-order valence-corrected chi connectivity index (χ0v) is 11.2. The van der Waals surface area contributed by atoms with Gasteiger partial charge in [-0.05, 0) is 31.4 Å². The van der Waals surface area contributed by atoms with Crippen LogP contribution >= 0.6 is 0 Å². The Balaban J connectivity index is 1.79. The normalized spacial score (nSPS) is 18.9. The molecular weight excluding hydrogens is 252 g/mol. The van der Waals surface area contributed by atoms with Gasteiger partial charge in [-0.3, -0.25) is 0 Å². The fourth-order valence-corrected chi connectivity index (χ4v) is 2.34. The van der Waals surface area contributed by atoms with Crippen molar-refractivity contribution in [2.75, 3.05) is 16.8 Å². The standard InChI is InChI=1S/C14H18N6/c15-12-8-4-5-9-20(12)14-17-10-16-13(19-14)18-11-6-2-1-3-7-11/h1-3,6-7,10,12H,4-5,8-9,15H2,(H,16,17,18,19). The maximum absolute atomic E-state index is 6.12. The lowest BCUT2D eigenvalue weighted by Crippen LogP contribution is -2.46. The van der Waals surface area contributed by atoms with Crippen molar-refractivity contribution < 1.29 is 0 Å². The van der Waals surface area contributed by atoms with E-state index in [1.54, 1.807) is 0 Å². The lowest BCUT2D eigenvalue weighted by Gasteiger charge is -2.32. The van der Waals surface area contributed by atoms with Crippen molar-refractivity contribution in [2.45, 2.75) is 25.4 Å². The SMILES string of the molecule is NC1CCCCN1c1ncnc(Nc2ccccc2)n1. The minimum Gasteiger partial charge on any atom is -0.325 e. The average molecular weight is 270 g/mol. The predicted octanol–water partition coefficient (Wildman–Crippen LogP) is 1.89. The first kappa shape index (κ1) is 12.8. The number of nitrogens with one attached hydrogen (secondary N) is 1. The van der Waals surface area contributed by atoms with Crippen LogP contribution < -0.4 is 16.0 Å². The maximum Gasteiger partial charge on any atom is 0.231 e. The van der Waals surface area contributed by atoms with Crippen molar-refractivity contribution in [2.24, 2.45) is 5.73 Å². The van der Waals surface area contributed by atoms with Gasteiger partial charge < -0.3 is 16.0 Å². The molecule has 2 aromatic rings. The van der Waals surface area contributed by atoms with Crippen LogP contribution in [0.1, 0.15) is 19.3 Å². The molecule has 6 nitrogen and oxygen atoms in total. The van der Waals surface area contributed by atoms with Crippen molar-refractivity contribution in [3.63, 3.8) is 0 Å². The van der Waals surface area contributed by atoms with Crippen LogP contribution in [-0.4, -0.2) is 27.7 Å². The molecule has 0 amide bonds. The van der Waals surface area contributed by atoms with E-state index in [-0.39, 0.29) is 6.17 Å². The summed E-state index contributed by atoms with van der Waals surface area (Å²) >= 11 is 0. The van der Waals surface area contributed by atoms with Crippen molar-refractivity contribution in [3.05, 3.63) is 36.7 Å². The second-order valence-electron chi connectivity index (χ2n) is 4.86. The highest BCUT2D eigenvalue weighted by atomic mass is 15.3. The number of hydrogen-bond acceptors (Lipinski definition) is 6. The number of nitrogens with zero attached hydrogens (tertiary/aromatic N) is 4. The van der Waals surface area contributed by atoms with Crippen molar-refractivity contribution >= 4 is 17.6 Å². The molecule has 20 heavy (non-hydrogen) atoms.